The molecule has 0 radical (unpaired) electrons. The number of aryl methyl sites for hydroxylation is 2. The number of nitrogens with one attached hydrogen (secondary N) is 1. The van der Waals surface area contributed by atoms with E-state index in [1.54, 1.807) is 0 Å². The molecule has 0 heterocycles. The molecule has 0 saturated carbocycles. The molecule has 0 bridgehead atoms. The zero-order chi connectivity index (χ0) is 18.2. The molecule has 5 nitrogen and oxygen atoms in total. The van der Waals surface area contributed by atoms with Crippen LogP contribution in [0.4, 0.5) is 0 Å². The minimum Gasteiger partial charge on any atom is -0.493 e. The van der Waals surface area contributed by atoms with Crippen LogP contribution in [0.15, 0.2) is 18.2 Å². The third-order valence-electron chi connectivity index (χ3n) is 3.84. The number of amides is 1. The molecule has 134 valence electrons. The molecule has 0 atom stereocenters. The number of benzene rings is 1. The molecule has 5 heteroatoms. The zero-order valence-corrected chi connectivity index (χ0v) is 15.1. The van der Waals surface area contributed by atoms with E-state index < -0.39 is 11.5 Å². The summed E-state index contributed by atoms with van der Waals surface area (Å²) in [6.07, 6.45) is 2.44. The molecule has 0 aliphatic rings. The van der Waals surface area contributed by atoms with Gasteiger partial charge in [-0.2, -0.15) is 0 Å². The molecule has 1 aromatic carbocycles. The minimum atomic E-state index is -0.846. The Morgan fingerprint density at radius 2 is 1.88 bits per heavy atom. The second kappa shape index (κ2) is 9.30. The third kappa shape index (κ3) is 7.99. The molecule has 24 heavy (non-hydrogen) atoms. The Morgan fingerprint density at radius 3 is 2.54 bits per heavy atom. The van der Waals surface area contributed by atoms with Crippen molar-refractivity contribution in [2.75, 3.05) is 6.61 Å². The number of ether oxygens (including phenoxy) is 1. The minimum absolute atomic E-state index is 0.0443. The van der Waals surface area contributed by atoms with Gasteiger partial charge in [0.2, 0.25) is 5.91 Å². The van der Waals surface area contributed by atoms with Crippen LogP contribution in [0, 0.1) is 13.8 Å². The van der Waals surface area contributed by atoms with Crippen LogP contribution in [0.25, 0.3) is 0 Å². The number of aliphatic carboxylic acids is 1. The summed E-state index contributed by atoms with van der Waals surface area (Å²) < 4.78 is 5.77. The van der Waals surface area contributed by atoms with Gasteiger partial charge in [-0.3, -0.25) is 9.59 Å². The number of carboxylic acid groups (broad SMARTS) is 1. The fraction of sp³-hybridized carbons (Fsp3) is 0.579. The maximum atomic E-state index is 11.9. The van der Waals surface area contributed by atoms with Crippen molar-refractivity contribution in [1.82, 2.24) is 5.32 Å². The summed E-state index contributed by atoms with van der Waals surface area (Å²) >= 11 is 0. The lowest BCUT2D eigenvalue weighted by atomic mass is 9.98. The summed E-state index contributed by atoms with van der Waals surface area (Å²) in [7, 11) is 0. The fourth-order valence-electron chi connectivity index (χ4n) is 2.35. The maximum absolute atomic E-state index is 11.9. The Kier molecular flexibility index (Phi) is 7.75. The van der Waals surface area contributed by atoms with E-state index in [4.69, 9.17) is 9.84 Å². The summed E-state index contributed by atoms with van der Waals surface area (Å²) in [5.41, 5.74) is 1.78. The maximum Gasteiger partial charge on any atom is 0.303 e. The number of carbonyl (C=O) groups excluding carboxylic acids is 1. The van der Waals surface area contributed by atoms with Crippen molar-refractivity contribution in [3.8, 4) is 5.75 Å². The number of unbranched alkanes of at least 4 members (excludes halogenated alkanes) is 1. The molecule has 2 N–H and O–H groups in total. The van der Waals surface area contributed by atoms with Crippen molar-refractivity contribution >= 4 is 11.9 Å². The molecule has 0 aliphatic carbocycles. The molecule has 0 spiro atoms. The normalized spacial score (nSPS) is 11.2. The highest BCUT2D eigenvalue weighted by Gasteiger charge is 2.21. The van der Waals surface area contributed by atoms with E-state index in [1.165, 1.54) is 5.56 Å². The third-order valence-corrected chi connectivity index (χ3v) is 3.84. The van der Waals surface area contributed by atoms with Crippen LogP contribution < -0.4 is 10.1 Å². The Balaban J connectivity index is 2.23. The van der Waals surface area contributed by atoms with Crippen molar-refractivity contribution in [3.05, 3.63) is 29.3 Å². The van der Waals surface area contributed by atoms with Crippen LogP contribution in [0.5, 0.6) is 5.75 Å². The monoisotopic (exact) mass is 335 g/mol. The predicted molar refractivity (Wildman–Crippen MR) is 94.4 cm³/mol. The lowest BCUT2D eigenvalue weighted by Gasteiger charge is -2.25. The molecule has 0 aromatic heterocycles. The quantitative estimate of drug-likeness (QED) is 0.640. The molecule has 1 amide bonds. The second-order valence-corrected chi connectivity index (χ2v) is 6.90. The van der Waals surface area contributed by atoms with Crippen molar-refractivity contribution in [2.45, 2.75) is 65.3 Å². The zero-order valence-electron chi connectivity index (χ0n) is 15.1. The number of carboxylic acids is 1. The van der Waals surface area contributed by atoms with E-state index in [-0.39, 0.29) is 12.3 Å². The standard InChI is InChI=1S/C19H29NO4/c1-14-8-9-15(2)16(13-14)24-12-6-5-7-17(21)20-19(3,4)11-10-18(22)23/h8-9,13H,5-7,10-12H2,1-4H3,(H,20,21)(H,22,23). The number of hydrogen-bond donors (Lipinski definition) is 2. The molecule has 1 aromatic rings. The van der Waals surface area contributed by atoms with Crippen LogP contribution in [-0.2, 0) is 9.59 Å². The van der Waals surface area contributed by atoms with Gasteiger partial charge in [0.25, 0.3) is 0 Å². The summed E-state index contributed by atoms with van der Waals surface area (Å²) in [6.45, 7) is 8.32. The lowest BCUT2D eigenvalue weighted by Crippen LogP contribution is -2.43. The van der Waals surface area contributed by atoms with E-state index in [9.17, 15) is 9.59 Å². The smallest absolute Gasteiger partial charge is 0.303 e. The van der Waals surface area contributed by atoms with Crippen LogP contribution >= 0.6 is 0 Å². The van der Waals surface area contributed by atoms with Gasteiger partial charge in [-0.25, -0.2) is 0 Å². The SMILES string of the molecule is Cc1ccc(C)c(OCCCCC(=O)NC(C)(C)CCC(=O)O)c1. The Bertz CT molecular complexity index is 566. The van der Waals surface area contributed by atoms with Crippen LogP contribution in [-0.4, -0.2) is 29.1 Å². The number of carbonyl (C=O) groups is 2. The molecule has 0 fully saturated rings. The van der Waals surface area contributed by atoms with Gasteiger partial charge in [0.15, 0.2) is 0 Å². The molecule has 0 saturated heterocycles. The molecule has 0 unspecified atom stereocenters. The van der Waals surface area contributed by atoms with Gasteiger partial charge >= 0.3 is 5.97 Å². The van der Waals surface area contributed by atoms with Crippen molar-refractivity contribution in [2.24, 2.45) is 0 Å². The highest BCUT2D eigenvalue weighted by atomic mass is 16.5. The van der Waals surface area contributed by atoms with Crippen molar-refractivity contribution in [3.63, 3.8) is 0 Å². The van der Waals surface area contributed by atoms with Crippen LogP contribution in [0.1, 0.15) is 57.1 Å². The number of hydrogen-bond acceptors (Lipinski definition) is 3. The average molecular weight is 335 g/mol. The van der Waals surface area contributed by atoms with Crippen molar-refractivity contribution in [1.29, 1.82) is 0 Å². The molecular weight excluding hydrogens is 306 g/mol. The number of rotatable bonds is 10. The highest BCUT2D eigenvalue weighted by Crippen LogP contribution is 2.19. The topological polar surface area (TPSA) is 75.6 Å². The first kappa shape index (κ1) is 20.0. The van der Waals surface area contributed by atoms with Gasteiger partial charge in [0, 0.05) is 18.4 Å². The van der Waals surface area contributed by atoms with E-state index in [0.717, 1.165) is 24.2 Å². The van der Waals surface area contributed by atoms with Gasteiger partial charge in [0.1, 0.15) is 5.75 Å². The molecular formula is C19H29NO4. The van der Waals surface area contributed by atoms with Crippen LogP contribution in [0.2, 0.25) is 0 Å². The predicted octanol–water partition coefficient (Wildman–Crippen LogP) is 3.61. The summed E-state index contributed by atoms with van der Waals surface area (Å²) in [5.74, 6) is 0.00675. The van der Waals surface area contributed by atoms with E-state index >= 15 is 0 Å². The first-order valence-electron chi connectivity index (χ1n) is 8.42. The first-order valence-corrected chi connectivity index (χ1v) is 8.42. The fourth-order valence-corrected chi connectivity index (χ4v) is 2.35. The van der Waals surface area contributed by atoms with E-state index in [2.05, 4.69) is 11.4 Å². The van der Waals surface area contributed by atoms with Gasteiger partial charge < -0.3 is 15.2 Å². The second-order valence-electron chi connectivity index (χ2n) is 6.90. The van der Waals surface area contributed by atoms with Gasteiger partial charge in [-0.05, 0) is 64.2 Å². The first-order chi connectivity index (χ1) is 11.2. The largest absolute Gasteiger partial charge is 0.493 e. The van der Waals surface area contributed by atoms with Gasteiger partial charge in [-0.1, -0.05) is 12.1 Å². The van der Waals surface area contributed by atoms with Crippen LogP contribution in [0.3, 0.4) is 0 Å². The summed E-state index contributed by atoms with van der Waals surface area (Å²) in [5, 5.41) is 11.6. The highest BCUT2D eigenvalue weighted by molar-refractivity contribution is 5.76. The van der Waals surface area contributed by atoms with Crippen molar-refractivity contribution < 1.29 is 19.4 Å². The molecule has 0 aliphatic heterocycles. The Hall–Kier alpha value is -2.04. The summed E-state index contributed by atoms with van der Waals surface area (Å²) in [4.78, 5) is 22.5. The molecule has 1 rings (SSSR count). The van der Waals surface area contributed by atoms with Gasteiger partial charge in [0.05, 0.1) is 6.61 Å². The Labute approximate surface area is 144 Å². The van der Waals surface area contributed by atoms with Gasteiger partial charge in [-0.15, -0.1) is 0 Å². The van der Waals surface area contributed by atoms with E-state index in [0.29, 0.717) is 19.4 Å². The summed E-state index contributed by atoms with van der Waals surface area (Å²) in [6, 6.07) is 6.11. The average Bonchev–Trinajstić information content (AvgIpc) is 2.48. The lowest BCUT2D eigenvalue weighted by molar-refractivity contribution is -0.137. The van der Waals surface area contributed by atoms with E-state index in [1.807, 2.05) is 39.8 Å². The Morgan fingerprint density at radius 1 is 1.17 bits per heavy atom.